The second-order valence-electron chi connectivity index (χ2n) is 4.44. The average molecular weight is 276 g/mol. The van der Waals surface area contributed by atoms with Gasteiger partial charge in [-0.05, 0) is 31.2 Å². The van der Waals surface area contributed by atoms with Gasteiger partial charge in [-0.2, -0.15) is 0 Å². The molecular formula is C14H16N2O2S. The van der Waals surface area contributed by atoms with E-state index in [1.54, 1.807) is 0 Å². The van der Waals surface area contributed by atoms with Crippen LogP contribution in [-0.2, 0) is 4.79 Å². The van der Waals surface area contributed by atoms with Crippen LogP contribution in [0.5, 0.6) is 0 Å². The number of hydrogen-bond donors (Lipinski definition) is 1. The molecule has 0 unspecified atom stereocenters. The van der Waals surface area contributed by atoms with Gasteiger partial charge in [0.25, 0.3) is 0 Å². The number of nitrogens with one attached hydrogen (secondary N) is 1. The monoisotopic (exact) mass is 276 g/mol. The standard InChI is InChI=1S/C14H16N2O2S/c1-3-14(18)15-11-8-12(19-13(11)9-17)10-4-6-16(2)7-5-10/h3-4,8-9H,1,5-7H2,2H3,(H,15,18). The van der Waals surface area contributed by atoms with E-state index in [-0.39, 0.29) is 5.91 Å². The SMILES string of the molecule is C=CC(=O)Nc1cc(C2=CCN(C)CC2)sc1C=O. The Morgan fingerprint density at radius 1 is 1.58 bits per heavy atom. The van der Waals surface area contributed by atoms with Crippen LogP contribution in [0.4, 0.5) is 5.69 Å². The number of likely N-dealkylation sites (N-methyl/N-ethyl adjacent to an activating group) is 1. The van der Waals surface area contributed by atoms with E-state index in [2.05, 4.69) is 29.9 Å². The molecule has 1 aromatic heterocycles. The second kappa shape index (κ2) is 5.95. The number of amides is 1. The minimum absolute atomic E-state index is 0.301. The summed E-state index contributed by atoms with van der Waals surface area (Å²) in [7, 11) is 2.08. The number of nitrogens with zero attached hydrogens (tertiary/aromatic N) is 1. The Morgan fingerprint density at radius 3 is 2.95 bits per heavy atom. The number of carbonyl (C=O) groups is 2. The van der Waals surface area contributed by atoms with Crippen LogP contribution in [0, 0.1) is 0 Å². The lowest BCUT2D eigenvalue weighted by atomic mass is 10.1. The molecule has 100 valence electrons. The van der Waals surface area contributed by atoms with E-state index >= 15 is 0 Å². The molecule has 0 atom stereocenters. The molecule has 1 amide bonds. The number of anilines is 1. The van der Waals surface area contributed by atoms with E-state index in [9.17, 15) is 9.59 Å². The molecule has 2 rings (SSSR count). The zero-order valence-corrected chi connectivity index (χ0v) is 11.6. The zero-order chi connectivity index (χ0) is 13.8. The highest BCUT2D eigenvalue weighted by Crippen LogP contribution is 2.33. The fraction of sp³-hybridized carbons (Fsp3) is 0.286. The van der Waals surface area contributed by atoms with Crippen molar-refractivity contribution in [2.45, 2.75) is 6.42 Å². The zero-order valence-electron chi connectivity index (χ0n) is 10.8. The van der Waals surface area contributed by atoms with Crippen LogP contribution in [-0.4, -0.2) is 37.2 Å². The molecule has 0 saturated carbocycles. The highest BCUT2D eigenvalue weighted by molar-refractivity contribution is 7.15. The van der Waals surface area contributed by atoms with Crippen molar-refractivity contribution in [3.8, 4) is 0 Å². The quantitative estimate of drug-likeness (QED) is 0.678. The summed E-state index contributed by atoms with van der Waals surface area (Å²) in [6.45, 7) is 5.33. The van der Waals surface area contributed by atoms with Gasteiger partial charge in [0, 0.05) is 18.0 Å². The largest absolute Gasteiger partial charge is 0.321 e. The molecule has 0 fully saturated rings. The van der Waals surface area contributed by atoms with Crippen molar-refractivity contribution in [3.05, 3.63) is 34.6 Å². The molecule has 4 nitrogen and oxygen atoms in total. The number of hydrogen-bond acceptors (Lipinski definition) is 4. The van der Waals surface area contributed by atoms with Crippen LogP contribution >= 0.6 is 11.3 Å². The lowest BCUT2D eigenvalue weighted by molar-refractivity contribution is -0.111. The first-order valence-corrected chi connectivity index (χ1v) is 6.86. The molecule has 0 bridgehead atoms. The second-order valence-corrected chi connectivity index (χ2v) is 5.53. The van der Waals surface area contributed by atoms with E-state index in [4.69, 9.17) is 0 Å². The maximum absolute atomic E-state index is 11.3. The van der Waals surface area contributed by atoms with E-state index in [1.165, 1.54) is 23.0 Å². The molecule has 2 heterocycles. The van der Waals surface area contributed by atoms with Crippen LogP contribution < -0.4 is 5.32 Å². The van der Waals surface area contributed by atoms with Gasteiger partial charge in [-0.25, -0.2) is 0 Å². The van der Waals surface area contributed by atoms with Gasteiger partial charge in [0.2, 0.25) is 5.91 Å². The lowest BCUT2D eigenvalue weighted by Gasteiger charge is -2.21. The van der Waals surface area contributed by atoms with Crippen LogP contribution in [0.3, 0.4) is 0 Å². The Hall–Kier alpha value is -1.72. The number of aldehydes is 1. The van der Waals surface area contributed by atoms with Gasteiger partial charge >= 0.3 is 0 Å². The molecule has 1 aliphatic rings. The summed E-state index contributed by atoms with van der Waals surface area (Å²) in [5.74, 6) is -0.301. The van der Waals surface area contributed by atoms with Crippen LogP contribution in [0.1, 0.15) is 21.0 Å². The Morgan fingerprint density at radius 2 is 2.37 bits per heavy atom. The van der Waals surface area contributed by atoms with E-state index in [1.807, 2.05) is 6.07 Å². The fourth-order valence-corrected chi connectivity index (χ4v) is 2.93. The Bertz CT molecular complexity index is 546. The van der Waals surface area contributed by atoms with Crippen LogP contribution in [0.25, 0.3) is 5.57 Å². The van der Waals surface area contributed by atoms with Crippen LogP contribution in [0.15, 0.2) is 24.8 Å². The molecule has 0 spiro atoms. The van der Waals surface area contributed by atoms with E-state index in [0.29, 0.717) is 10.6 Å². The fourth-order valence-electron chi connectivity index (χ4n) is 1.93. The third-order valence-corrected chi connectivity index (χ3v) is 4.18. The summed E-state index contributed by atoms with van der Waals surface area (Å²) in [5, 5.41) is 2.66. The highest BCUT2D eigenvalue weighted by Gasteiger charge is 2.15. The number of thiophene rings is 1. The molecule has 5 heteroatoms. The molecule has 19 heavy (non-hydrogen) atoms. The smallest absolute Gasteiger partial charge is 0.247 e. The molecule has 0 radical (unpaired) electrons. The van der Waals surface area contributed by atoms with Gasteiger partial charge in [0.05, 0.1) is 10.6 Å². The molecule has 1 aliphatic heterocycles. The van der Waals surface area contributed by atoms with Gasteiger partial charge in [-0.1, -0.05) is 12.7 Å². The van der Waals surface area contributed by atoms with E-state index < -0.39 is 0 Å². The molecule has 1 aromatic rings. The van der Waals surface area contributed by atoms with Gasteiger partial charge in [-0.3, -0.25) is 9.59 Å². The minimum atomic E-state index is -0.301. The van der Waals surface area contributed by atoms with Crippen molar-refractivity contribution in [2.24, 2.45) is 0 Å². The predicted molar refractivity (Wildman–Crippen MR) is 78.6 cm³/mol. The van der Waals surface area contributed by atoms with Crippen molar-refractivity contribution >= 4 is 34.8 Å². The predicted octanol–water partition coefficient (Wildman–Crippen LogP) is 2.40. The van der Waals surface area contributed by atoms with Crippen molar-refractivity contribution < 1.29 is 9.59 Å². The summed E-state index contributed by atoms with van der Waals surface area (Å²) in [6, 6.07) is 1.87. The van der Waals surface area contributed by atoms with Gasteiger partial charge in [-0.15, -0.1) is 11.3 Å². The first kappa shape index (κ1) is 13.7. The van der Waals surface area contributed by atoms with Gasteiger partial charge in [0.15, 0.2) is 6.29 Å². The minimum Gasteiger partial charge on any atom is -0.321 e. The van der Waals surface area contributed by atoms with Gasteiger partial charge in [0.1, 0.15) is 0 Å². The van der Waals surface area contributed by atoms with Crippen molar-refractivity contribution in [2.75, 3.05) is 25.5 Å². The van der Waals surface area contributed by atoms with Gasteiger partial charge < -0.3 is 10.2 Å². The molecule has 1 N–H and O–H groups in total. The molecule has 0 saturated heterocycles. The topological polar surface area (TPSA) is 49.4 Å². The highest BCUT2D eigenvalue weighted by atomic mass is 32.1. The summed E-state index contributed by atoms with van der Waals surface area (Å²) in [5.41, 5.74) is 1.81. The lowest BCUT2D eigenvalue weighted by Crippen LogP contribution is -2.23. The molecular weight excluding hydrogens is 260 g/mol. The number of carbonyl (C=O) groups excluding carboxylic acids is 2. The van der Waals surface area contributed by atoms with E-state index in [0.717, 1.165) is 30.7 Å². The van der Waals surface area contributed by atoms with Crippen molar-refractivity contribution in [1.29, 1.82) is 0 Å². The summed E-state index contributed by atoms with van der Waals surface area (Å²) >= 11 is 1.42. The third kappa shape index (κ3) is 3.19. The maximum atomic E-state index is 11.3. The van der Waals surface area contributed by atoms with Crippen molar-refractivity contribution in [3.63, 3.8) is 0 Å². The molecule has 0 aliphatic carbocycles. The summed E-state index contributed by atoms with van der Waals surface area (Å²) < 4.78 is 0. The number of rotatable bonds is 4. The average Bonchev–Trinajstić information content (AvgIpc) is 2.82. The van der Waals surface area contributed by atoms with Crippen molar-refractivity contribution in [1.82, 2.24) is 4.90 Å². The summed E-state index contributed by atoms with van der Waals surface area (Å²) in [4.78, 5) is 26.2. The first-order chi connectivity index (χ1) is 9.13. The Balaban J connectivity index is 2.25. The van der Waals surface area contributed by atoms with Crippen LogP contribution in [0.2, 0.25) is 0 Å². The third-order valence-electron chi connectivity index (χ3n) is 3.04. The Labute approximate surface area is 116 Å². The summed E-state index contributed by atoms with van der Waals surface area (Å²) in [6.07, 6.45) is 5.11. The maximum Gasteiger partial charge on any atom is 0.247 e. The normalized spacial score (nSPS) is 15.7. The Kier molecular flexibility index (Phi) is 4.29. The molecule has 0 aromatic carbocycles. The first-order valence-electron chi connectivity index (χ1n) is 6.04.